The molecule has 3 aliphatic rings. The van der Waals surface area contributed by atoms with Crippen LogP contribution < -0.4 is 5.32 Å². The highest BCUT2D eigenvalue weighted by Crippen LogP contribution is 2.66. The van der Waals surface area contributed by atoms with Gasteiger partial charge >= 0.3 is 0 Å². The van der Waals surface area contributed by atoms with Crippen molar-refractivity contribution in [3.63, 3.8) is 0 Å². The molecule has 3 fully saturated rings. The lowest BCUT2D eigenvalue weighted by Gasteiger charge is -2.08. The monoisotopic (exact) mass is 254 g/mol. The van der Waals surface area contributed by atoms with Crippen molar-refractivity contribution in [1.29, 1.82) is 0 Å². The standard InChI is InChI=1S/C15H18N4/c1-8-3-2-6-19-14(8)17-15(18-19)16-13-11-9-4-5-10(7-9)12(11)13/h2-3,6,9-13H,4-5,7H2,1H3,(H,16,18). The molecule has 4 nitrogen and oxygen atoms in total. The maximum Gasteiger partial charge on any atom is 0.243 e. The van der Waals surface area contributed by atoms with Gasteiger partial charge in [0.2, 0.25) is 5.95 Å². The smallest absolute Gasteiger partial charge is 0.243 e. The van der Waals surface area contributed by atoms with Crippen molar-refractivity contribution in [2.24, 2.45) is 23.7 Å². The maximum atomic E-state index is 4.63. The minimum absolute atomic E-state index is 0.656. The Morgan fingerprint density at radius 1 is 1.26 bits per heavy atom. The van der Waals surface area contributed by atoms with Crippen LogP contribution in [0.2, 0.25) is 0 Å². The second kappa shape index (κ2) is 3.30. The molecule has 19 heavy (non-hydrogen) atoms. The van der Waals surface area contributed by atoms with Crippen molar-refractivity contribution in [3.05, 3.63) is 23.9 Å². The third-order valence-corrected chi connectivity index (χ3v) is 5.59. The van der Waals surface area contributed by atoms with E-state index in [4.69, 9.17) is 0 Å². The predicted molar refractivity (Wildman–Crippen MR) is 72.9 cm³/mol. The summed E-state index contributed by atoms with van der Waals surface area (Å²) in [6.45, 7) is 2.08. The molecule has 0 aromatic carbocycles. The summed E-state index contributed by atoms with van der Waals surface area (Å²) in [7, 11) is 0. The van der Waals surface area contributed by atoms with Gasteiger partial charge in [0.05, 0.1) is 0 Å². The Morgan fingerprint density at radius 2 is 2.05 bits per heavy atom. The van der Waals surface area contributed by atoms with E-state index in [0.717, 1.165) is 35.3 Å². The zero-order valence-electron chi connectivity index (χ0n) is 11.1. The van der Waals surface area contributed by atoms with Crippen molar-refractivity contribution < 1.29 is 0 Å². The van der Waals surface area contributed by atoms with Crippen LogP contribution in [0.25, 0.3) is 5.65 Å². The lowest BCUT2D eigenvalue weighted by atomic mass is 10.0. The van der Waals surface area contributed by atoms with Crippen molar-refractivity contribution >= 4 is 11.6 Å². The lowest BCUT2D eigenvalue weighted by Crippen LogP contribution is -2.13. The van der Waals surface area contributed by atoms with Crippen LogP contribution in [0.1, 0.15) is 24.8 Å². The highest BCUT2D eigenvalue weighted by molar-refractivity contribution is 5.50. The lowest BCUT2D eigenvalue weighted by molar-refractivity contribution is 0.456. The third-order valence-electron chi connectivity index (χ3n) is 5.59. The molecular weight excluding hydrogens is 236 g/mol. The molecule has 0 spiro atoms. The molecule has 3 aliphatic carbocycles. The first kappa shape index (κ1) is 10.2. The van der Waals surface area contributed by atoms with Gasteiger partial charge in [0.1, 0.15) is 0 Å². The van der Waals surface area contributed by atoms with E-state index in [0.29, 0.717) is 6.04 Å². The minimum Gasteiger partial charge on any atom is -0.350 e. The van der Waals surface area contributed by atoms with Crippen LogP contribution in [0.4, 0.5) is 5.95 Å². The summed E-state index contributed by atoms with van der Waals surface area (Å²) in [5.41, 5.74) is 2.15. The number of fused-ring (bicyclic) bond motifs is 6. The first-order valence-corrected chi connectivity index (χ1v) is 7.40. The van der Waals surface area contributed by atoms with Gasteiger partial charge < -0.3 is 5.32 Å². The zero-order chi connectivity index (χ0) is 12.6. The quantitative estimate of drug-likeness (QED) is 0.895. The number of hydrogen-bond acceptors (Lipinski definition) is 3. The molecule has 4 unspecified atom stereocenters. The summed E-state index contributed by atoms with van der Waals surface area (Å²) in [4.78, 5) is 4.63. The highest BCUT2D eigenvalue weighted by atomic mass is 15.4. The average Bonchev–Trinajstić information content (AvgIpc) is 2.81. The van der Waals surface area contributed by atoms with E-state index in [1.165, 1.54) is 24.8 Å². The van der Waals surface area contributed by atoms with E-state index < -0.39 is 0 Å². The van der Waals surface area contributed by atoms with Crippen LogP contribution >= 0.6 is 0 Å². The maximum absolute atomic E-state index is 4.63. The summed E-state index contributed by atoms with van der Waals surface area (Å²) >= 11 is 0. The third kappa shape index (κ3) is 1.29. The summed E-state index contributed by atoms with van der Waals surface area (Å²) in [5.74, 6) is 4.64. The first-order chi connectivity index (χ1) is 9.31. The van der Waals surface area contributed by atoms with E-state index in [2.05, 4.69) is 28.4 Å². The Hall–Kier alpha value is -1.58. The molecule has 5 rings (SSSR count). The second-order valence-electron chi connectivity index (χ2n) is 6.55. The SMILES string of the molecule is Cc1cccn2nc(NC3C4C5CCC(C5)C34)nc12. The Morgan fingerprint density at radius 3 is 2.79 bits per heavy atom. The molecule has 98 valence electrons. The van der Waals surface area contributed by atoms with E-state index in [1.807, 2.05) is 16.8 Å². The van der Waals surface area contributed by atoms with E-state index in [9.17, 15) is 0 Å². The molecule has 2 aromatic heterocycles. The van der Waals surface area contributed by atoms with Crippen LogP contribution in [-0.2, 0) is 0 Å². The fraction of sp³-hybridized carbons (Fsp3) is 0.600. The van der Waals surface area contributed by atoms with Gasteiger partial charge in [0.25, 0.3) is 0 Å². The first-order valence-electron chi connectivity index (χ1n) is 7.40. The van der Waals surface area contributed by atoms with Crippen LogP contribution in [0.15, 0.2) is 18.3 Å². The number of rotatable bonds is 2. The van der Waals surface area contributed by atoms with Crippen LogP contribution in [-0.4, -0.2) is 20.6 Å². The van der Waals surface area contributed by atoms with Crippen LogP contribution in [0.5, 0.6) is 0 Å². The number of nitrogens with zero attached hydrogens (tertiary/aromatic N) is 3. The van der Waals surface area contributed by atoms with E-state index >= 15 is 0 Å². The van der Waals surface area contributed by atoms with E-state index in [1.54, 1.807) is 0 Å². The predicted octanol–water partition coefficient (Wildman–Crippen LogP) is 2.49. The number of nitrogens with one attached hydrogen (secondary N) is 1. The molecule has 2 heterocycles. The largest absolute Gasteiger partial charge is 0.350 e. The fourth-order valence-corrected chi connectivity index (χ4v) is 4.77. The van der Waals surface area contributed by atoms with Crippen LogP contribution in [0.3, 0.4) is 0 Å². The van der Waals surface area contributed by atoms with Crippen molar-refractivity contribution in [2.45, 2.75) is 32.2 Å². The summed E-state index contributed by atoms with van der Waals surface area (Å²) in [6, 6.07) is 4.76. The van der Waals surface area contributed by atoms with Gasteiger partial charge in [-0.05, 0) is 61.5 Å². The number of hydrogen-bond donors (Lipinski definition) is 1. The van der Waals surface area contributed by atoms with E-state index in [-0.39, 0.29) is 0 Å². The Labute approximate surface area is 112 Å². The van der Waals surface area contributed by atoms with Crippen molar-refractivity contribution in [1.82, 2.24) is 14.6 Å². The number of aromatic nitrogens is 3. The van der Waals surface area contributed by atoms with Gasteiger partial charge in [-0.1, -0.05) is 6.07 Å². The molecule has 4 atom stereocenters. The number of anilines is 1. The molecule has 2 bridgehead atoms. The van der Waals surface area contributed by atoms with Gasteiger partial charge in [0.15, 0.2) is 5.65 Å². The number of pyridine rings is 1. The normalized spacial score (nSPS) is 38.7. The minimum atomic E-state index is 0.656. The molecular formula is C15H18N4. The Bertz CT molecular complexity index is 645. The van der Waals surface area contributed by atoms with Gasteiger partial charge in [-0.2, -0.15) is 4.98 Å². The Balaban J connectivity index is 1.43. The van der Waals surface area contributed by atoms with Gasteiger partial charge in [-0.3, -0.25) is 0 Å². The van der Waals surface area contributed by atoms with Gasteiger partial charge in [-0.25, -0.2) is 4.52 Å². The number of aryl methyl sites for hydroxylation is 1. The summed E-state index contributed by atoms with van der Waals surface area (Å²) < 4.78 is 1.88. The summed E-state index contributed by atoms with van der Waals surface area (Å²) in [5, 5.41) is 8.14. The average molecular weight is 254 g/mol. The fourth-order valence-electron chi connectivity index (χ4n) is 4.77. The molecule has 0 radical (unpaired) electrons. The Kier molecular flexibility index (Phi) is 1.78. The van der Waals surface area contributed by atoms with Crippen molar-refractivity contribution in [3.8, 4) is 0 Å². The van der Waals surface area contributed by atoms with Gasteiger partial charge in [0, 0.05) is 12.2 Å². The highest BCUT2D eigenvalue weighted by Gasteiger charge is 2.65. The van der Waals surface area contributed by atoms with Crippen molar-refractivity contribution in [2.75, 3.05) is 5.32 Å². The van der Waals surface area contributed by atoms with Gasteiger partial charge in [-0.15, -0.1) is 5.10 Å². The summed E-state index contributed by atoms with van der Waals surface area (Å²) in [6.07, 6.45) is 6.38. The molecule has 0 aliphatic heterocycles. The molecule has 0 amide bonds. The second-order valence-corrected chi connectivity index (χ2v) is 6.55. The molecule has 3 saturated carbocycles. The topological polar surface area (TPSA) is 42.2 Å². The zero-order valence-corrected chi connectivity index (χ0v) is 11.1. The molecule has 2 aromatic rings. The van der Waals surface area contributed by atoms with Crippen LogP contribution in [0, 0.1) is 30.6 Å². The molecule has 4 heteroatoms. The molecule has 0 saturated heterocycles. The molecule has 1 N–H and O–H groups in total.